The molecule has 1 atom stereocenters. The van der Waals surface area contributed by atoms with Crippen LogP contribution in [0, 0.1) is 5.21 Å². The number of fused-ring (bicyclic) bond motifs is 1. The zero-order chi connectivity index (χ0) is 17.5. The standard InChI is InChI=1S/C15H18N4O4S.2H2O/c1-17(2)8-5-9-18-11-6-3-4-7-12(11)24(22,23)13-10-16-19(21)15(20)14(13)18;;/h3-4,6-7,10,19H,5,8-9H2,1-2H3;2*1H2. The van der Waals surface area contributed by atoms with Crippen LogP contribution >= 0.6 is 0 Å². The lowest BCUT2D eigenvalue weighted by atomic mass is 10.2. The van der Waals surface area contributed by atoms with Crippen LogP contribution in [0.1, 0.15) is 6.42 Å². The summed E-state index contributed by atoms with van der Waals surface area (Å²) in [6, 6.07) is 6.49. The SMILES string of the molecule is CN(C)CCCN1C2=C(C=N[NH+]([O-])C2=O)S(=O)(=O)c2ccccc21.O.O. The van der Waals surface area contributed by atoms with Crippen LogP contribution in [-0.4, -0.2) is 63.6 Å². The Morgan fingerprint density at radius 1 is 1.23 bits per heavy atom. The Labute approximate surface area is 151 Å². The maximum Gasteiger partial charge on any atom is 0.388 e. The van der Waals surface area contributed by atoms with Gasteiger partial charge in [0.1, 0.15) is 11.1 Å². The van der Waals surface area contributed by atoms with Gasteiger partial charge in [0, 0.05) is 6.54 Å². The normalized spacial score (nSPS) is 20.2. The minimum Gasteiger partial charge on any atom is -0.598 e. The van der Waals surface area contributed by atoms with Crippen LogP contribution in [0.25, 0.3) is 0 Å². The second-order valence-corrected chi connectivity index (χ2v) is 7.77. The number of sulfone groups is 1. The summed E-state index contributed by atoms with van der Waals surface area (Å²) in [6.07, 6.45) is 1.69. The molecule has 2 heterocycles. The molecule has 1 aromatic rings. The first kappa shape index (κ1) is 21.9. The van der Waals surface area contributed by atoms with Crippen molar-refractivity contribution in [2.24, 2.45) is 5.10 Å². The summed E-state index contributed by atoms with van der Waals surface area (Å²) < 4.78 is 25.5. The number of carbonyl (C=O) groups excluding carboxylic acids is 1. The van der Waals surface area contributed by atoms with Crippen LogP contribution in [0.15, 0.2) is 44.9 Å². The smallest absolute Gasteiger partial charge is 0.388 e. The van der Waals surface area contributed by atoms with Crippen molar-refractivity contribution in [2.75, 3.05) is 32.1 Å². The number of carbonyl (C=O) groups is 1. The van der Waals surface area contributed by atoms with Gasteiger partial charge in [0.15, 0.2) is 5.70 Å². The molecule has 26 heavy (non-hydrogen) atoms. The Hall–Kier alpha value is -2.15. The number of allylic oxidation sites excluding steroid dienone is 1. The number of hydrogen-bond acceptors (Lipinski definition) is 7. The van der Waals surface area contributed by atoms with Crippen LogP contribution in [-0.2, 0) is 14.6 Å². The number of para-hydroxylation sites is 1. The maximum absolute atomic E-state index is 12.8. The van der Waals surface area contributed by atoms with Crippen molar-refractivity contribution >= 4 is 27.6 Å². The molecule has 3 rings (SSSR count). The van der Waals surface area contributed by atoms with Crippen molar-refractivity contribution in [1.82, 2.24) is 4.90 Å². The quantitative estimate of drug-likeness (QED) is 0.573. The number of rotatable bonds is 4. The topological polar surface area (TPSA) is 161 Å². The van der Waals surface area contributed by atoms with E-state index in [0.29, 0.717) is 18.7 Å². The molecule has 0 fully saturated rings. The first-order valence-corrected chi connectivity index (χ1v) is 8.95. The molecule has 5 N–H and O–H groups in total. The van der Waals surface area contributed by atoms with E-state index in [2.05, 4.69) is 5.10 Å². The van der Waals surface area contributed by atoms with Gasteiger partial charge in [0.2, 0.25) is 9.84 Å². The van der Waals surface area contributed by atoms with E-state index in [9.17, 15) is 18.4 Å². The summed E-state index contributed by atoms with van der Waals surface area (Å²) in [4.78, 5) is 15.9. The molecule has 1 unspecified atom stereocenters. The third-order valence-electron chi connectivity index (χ3n) is 3.93. The third-order valence-corrected chi connectivity index (χ3v) is 5.74. The van der Waals surface area contributed by atoms with Crippen molar-refractivity contribution in [1.29, 1.82) is 0 Å². The molecule has 0 saturated carbocycles. The average molecular weight is 386 g/mol. The van der Waals surface area contributed by atoms with E-state index in [1.165, 1.54) is 6.07 Å². The molecular formula is C15H22N4O6S. The second-order valence-electron chi connectivity index (χ2n) is 5.88. The van der Waals surface area contributed by atoms with E-state index in [1.807, 2.05) is 19.0 Å². The lowest BCUT2D eigenvalue weighted by Crippen LogP contribution is -3.06. The molecule has 0 spiro atoms. The van der Waals surface area contributed by atoms with Gasteiger partial charge in [-0.05, 0) is 39.2 Å². The molecule has 1 aromatic carbocycles. The number of nitrogens with one attached hydrogen (secondary N) is 1. The first-order valence-electron chi connectivity index (χ1n) is 7.47. The van der Waals surface area contributed by atoms with Crippen molar-refractivity contribution in [3.05, 3.63) is 40.1 Å². The van der Waals surface area contributed by atoms with Gasteiger partial charge >= 0.3 is 5.91 Å². The van der Waals surface area contributed by atoms with Crippen LogP contribution in [0.5, 0.6) is 0 Å². The zero-order valence-corrected chi connectivity index (χ0v) is 15.2. The lowest BCUT2D eigenvalue weighted by Gasteiger charge is -2.35. The second kappa shape index (κ2) is 8.03. The minimum absolute atomic E-state index is 0. The highest BCUT2D eigenvalue weighted by molar-refractivity contribution is 7.96. The molecule has 0 bridgehead atoms. The van der Waals surface area contributed by atoms with Gasteiger partial charge in [-0.25, -0.2) is 13.2 Å². The first-order chi connectivity index (χ1) is 11.3. The molecule has 0 saturated heterocycles. The third kappa shape index (κ3) is 3.53. The van der Waals surface area contributed by atoms with E-state index in [4.69, 9.17) is 0 Å². The van der Waals surface area contributed by atoms with Crippen LogP contribution in [0.2, 0.25) is 0 Å². The Bertz CT molecular complexity index is 849. The molecule has 0 aromatic heterocycles. The van der Waals surface area contributed by atoms with Gasteiger partial charge in [-0.15, -0.1) is 0 Å². The largest absolute Gasteiger partial charge is 0.598 e. The van der Waals surface area contributed by atoms with E-state index in [0.717, 1.165) is 12.8 Å². The van der Waals surface area contributed by atoms with Gasteiger partial charge in [0.05, 0.1) is 10.6 Å². The molecular weight excluding hydrogens is 364 g/mol. The summed E-state index contributed by atoms with van der Waals surface area (Å²) >= 11 is 0. The van der Waals surface area contributed by atoms with Crippen molar-refractivity contribution in [3.63, 3.8) is 0 Å². The average Bonchev–Trinajstić information content (AvgIpc) is 2.53. The number of amides is 1. The fraction of sp³-hybridized carbons (Fsp3) is 0.333. The molecule has 0 aliphatic carbocycles. The van der Waals surface area contributed by atoms with E-state index < -0.39 is 20.9 Å². The number of hydroxylamine groups is 1. The Balaban J connectivity index is 0.00000169. The molecule has 2 aliphatic heterocycles. The summed E-state index contributed by atoms with van der Waals surface area (Å²) in [7, 11) is -0.00479. The van der Waals surface area contributed by atoms with E-state index in [-0.39, 0.29) is 26.5 Å². The van der Waals surface area contributed by atoms with E-state index in [1.54, 1.807) is 23.1 Å². The summed E-state index contributed by atoms with van der Waals surface area (Å²) in [5, 5.41) is 14.2. The molecule has 10 nitrogen and oxygen atoms in total. The fourth-order valence-corrected chi connectivity index (χ4v) is 4.42. The summed E-state index contributed by atoms with van der Waals surface area (Å²) in [5.74, 6) is -0.879. The molecule has 11 heteroatoms. The van der Waals surface area contributed by atoms with Crippen LogP contribution < -0.4 is 10.1 Å². The number of anilines is 1. The zero-order valence-electron chi connectivity index (χ0n) is 14.4. The van der Waals surface area contributed by atoms with Gasteiger partial charge < -0.3 is 26.0 Å². The minimum atomic E-state index is -3.87. The number of hydrogen-bond donors (Lipinski definition) is 1. The molecule has 1 amide bonds. The highest BCUT2D eigenvalue weighted by Crippen LogP contribution is 2.38. The fourth-order valence-electron chi connectivity index (χ4n) is 2.83. The number of quaternary nitrogens is 1. The van der Waals surface area contributed by atoms with Crippen LogP contribution in [0.4, 0.5) is 5.69 Å². The summed E-state index contributed by atoms with van der Waals surface area (Å²) in [6.45, 7) is 1.20. The molecule has 0 radical (unpaired) electrons. The van der Waals surface area contributed by atoms with Crippen LogP contribution in [0.3, 0.4) is 0 Å². The van der Waals surface area contributed by atoms with Crippen molar-refractivity contribution in [2.45, 2.75) is 11.3 Å². The van der Waals surface area contributed by atoms with Crippen molar-refractivity contribution in [3.8, 4) is 0 Å². The highest BCUT2D eigenvalue weighted by atomic mass is 32.2. The Morgan fingerprint density at radius 3 is 2.54 bits per heavy atom. The van der Waals surface area contributed by atoms with E-state index >= 15 is 0 Å². The lowest BCUT2D eigenvalue weighted by molar-refractivity contribution is -0.769. The van der Waals surface area contributed by atoms with Gasteiger partial charge in [-0.3, -0.25) is 0 Å². The van der Waals surface area contributed by atoms with Gasteiger partial charge in [0.25, 0.3) is 0 Å². The Kier molecular flexibility index (Phi) is 6.76. The number of benzene rings is 1. The molecule has 144 valence electrons. The van der Waals surface area contributed by atoms with Gasteiger partial charge in [-0.2, -0.15) is 5.17 Å². The van der Waals surface area contributed by atoms with Gasteiger partial charge in [-0.1, -0.05) is 17.2 Å². The predicted octanol–water partition coefficient (Wildman–Crippen LogP) is -2.30. The monoisotopic (exact) mass is 386 g/mol. The maximum atomic E-state index is 12.8. The molecule has 2 aliphatic rings. The van der Waals surface area contributed by atoms with Crippen molar-refractivity contribution < 1.29 is 29.3 Å². The predicted molar refractivity (Wildman–Crippen MR) is 96.2 cm³/mol. The number of nitrogens with zero attached hydrogens (tertiary/aromatic N) is 3. The highest BCUT2D eigenvalue weighted by Gasteiger charge is 2.43. The Morgan fingerprint density at radius 2 is 1.88 bits per heavy atom. The summed E-state index contributed by atoms with van der Waals surface area (Å²) in [5.41, 5.74) is 0.332.